The third-order valence-electron chi connectivity index (χ3n) is 6.46. The minimum absolute atomic E-state index is 0.0484. The summed E-state index contributed by atoms with van der Waals surface area (Å²) in [6.07, 6.45) is 0.304. The van der Waals surface area contributed by atoms with Gasteiger partial charge in [0.05, 0.1) is 31.9 Å². The zero-order valence-electron chi connectivity index (χ0n) is 23.6. The molecule has 0 spiro atoms. The van der Waals surface area contributed by atoms with E-state index in [-0.39, 0.29) is 28.8 Å². The Bertz CT molecular complexity index is 1470. The summed E-state index contributed by atoms with van der Waals surface area (Å²) in [6, 6.07) is 16.5. The molecule has 2 amide bonds. The summed E-state index contributed by atoms with van der Waals surface area (Å²) in [7, 11) is 1.55. The van der Waals surface area contributed by atoms with Gasteiger partial charge in [-0.25, -0.2) is 8.42 Å². The highest BCUT2D eigenvalue weighted by molar-refractivity contribution is 7.92. The molecule has 0 radical (unpaired) electrons. The average molecular weight is 604 g/mol. The molecule has 10 nitrogen and oxygen atoms in total. The number of nitrogens with zero attached hydrogens (tertiary/aromatic N) is 2. The molecule has 0 heterocycles. The number of nitrogens with one attached hydrogen (secondary N) is 1. The lowest BCUT2D eigenvalue weighted by atomic mass is 10.1. The molecular formula is C29H34ClN3O7S. The van der Waals surface area contributed by atoms with Crippen molar-refractivity contribution in [2.75, 3.05) is 39.2 Å². The third-order valence-corrected chi connectivity index (χ3v) is 8.48. The van der Waals surface area contributed by atoms with Crippen LogP contribution in [0.1, 0.15) is 18.9 Å². The van der Waals surface area contributed by atoms with E-state index in [0.717, 1.165) is 4.31 Å². The van der Waals surface area contributed by atoms with Crippen molar-refractivity contribution in [1.82, 2.24) is 10.2 Å². The van der Waals surface area contributed by atoms with E-state index < -0.39 is 28.5 Å². The topological polar surface area (TPSA) is 114 Å². The normalized spacial score (nSPS) is 11.8. The Kier molecular flexibility index (Phi) is 10.8. The molecule has 1 N–H and O–H groups in total. The van der Waals surface area contributed by atoms with Crippen LogP contribution in [0.4, 0.5) is 5.69 Å². The molecular weight excluding hydrogens is 570 g/mol. The fourth-order valence-electron chi connectivity index (χ4n) is 4.29. The van der Waals surface area contributed by atoms with Gasteiger partial charge in [0.15, 0.2) is 11.5 Å². The fourth-order valence-corrected chi connectivity index (χ4v) is 5.85. The van der Waals surface area contributed by atoms with Crippen molar-refractivity contribution >= 4 is 39.1 Å². The maximum Gasteiger partial charge on any atom is 0.264 e. The monoisotopic (exact) mass is 603 g/mol. The summed E-state index contributed by atoms with van der Waals surface area (Å²) in [5.41, 5.74) is 0.924. The summed E-state index contributed by atoms with van der Waals surface area (Å²) in [4.78, 5) is 28.1. The minimum atomic E-state index is -4.31. The molecule has 0 aliphatic heterocycles. The maximum atomic E-state index is 14.0. The number of hydrogen-bond donors (Lipinski definition) is 1. The van der Waals surface area contributed by atoms with Gasteiger partial charge in [-0.2, -0.15) is 0 Å². The highest BCUT2D eigenvalue weighted by atomic mass is 35.5. The first-order valence-corrected chi connectivity index (χ1v) is 14.6. The van der Waals surface area contributed by atoms with Gasteiger partial charge in [-0.15, -0.1) is 0 Å². The second-order valence-corrected chi connectivity index (χ2v) is 11.2. The van der Waals surface area contributed by atoms with Gasteiger partial charge in [0.1, 0.15) is 18.3 Å². The van der Waals surface area contributed by atoms with E-state index in [1.54, 1.807) is 31.2 Å². The number of amides is 2. The molecule has 3 aromatic carbocycles. The molecule has 0 fully saturated rings. The van der Waals surface area contributed by atoms with Crippen molar-refractivity contribution in [3.63, 3.8) is 0 Å². The quantitative estimate of drug-likeness (QED) is 0.313. The van der Waals surface area contributed by atoms with Crippen molar-refractivity contribution in [2.45, 2.75) is 30.8 Å². The number of methoxy groups -OCH3 is 3. The van der Waals surface area contributed by atoms with Crippen molar-refractivity contribution in [1.29, 1.82) is 0 Å². The summed E-state index contributed by atoms with van der Waals surface area (Å²) in [5.74, 6) is 0.191. The van der Waals surface area contributed by atoms with Crippen LogP contribution in [0.5, 0.6) is 17.2 Å². The highest BCUT2D eigenvalue weighted by Gasteiger charge is 2.34. The average Bonchev–Trinajstić information content (AvgIpc) is 2.99. The van der Waals surface area contributed by atoms with Crippen LogP contribution in [-0.2, 0) is 26.2 Å². The number of likely N-dealkylation sites (N-methyl/N-ethyl adjacent to an activating group) is 1. The molecule has 3 rings (SSSR count). The van der Waals surface area contributed by atoms with Crippen LogP contribution >= 0.6 is 11.6 Å². The Hall–Kier alpha value is -3.96. The van der Waals surface area contributed by atoms with Crippen molar-refractivity contribution in [3.05, 3.63) is 77.3 Å². The molecule has 0 saturated heterocycles. The Morgan fingerprint density at radius 1 is 0.927 bits per heavy atom. The number of carbonyl (C=O) groups is 2. The molecule has 0 aliphatic rings. The summed E-state index contributed by atoms with van der Waals surface area (Å²) < 4.78 is 44.9. The first-order valence-electron chi connectivity index (χ1n) is 12.7. The van der Waals surface area contributed by atoms with Gasteiger partial charge >= 0.3 is 0 Å². The predicted molar refractivity (Wildman–Crippen MR) is 157 cm³/mol. The highest BCUT2D eigenvalue weighted by Crippen LogP contribution is 2.33. The van der Waals surface area contributed by atoms with Gasteiger partial charge in [0, 0.05) is 24.7 Å². The lowest BCUT2D eigenvalue weighted by Crippen LogP contribution is -2.51. The fraction of sp³-hybridized carbons (Fsp3) is 0.310. The molecule has 41 heavy (non-hydrogen) atoms. The first kappa shape index (κ1) is 31.6. The summed E-state index contributed by atoms with van der Waals surface area (Å²) >= 11 is 6.07. The number of sulfonamides is 1. The second-order valence-electron chi connectivity index (χ2n) is 8.92. The van der Waals surface area contributed by atoms with E-state index >= 15 is 0 Å². The predicted octanol–water partition coefficient (Wildman–Crippen LogP) is 4.11. The lowest BCUT2D eigenvalue weighted by molar-refractivity contribution is -0.140. The molecule has 0 unspecified atom stereocenters. The molecule has 0 saturated carbocycles. The van der Waals surface area contributed by atoms with Crippen LogP contribution in [0.25, 0.3) is 0 Å². The number of benzene rings is 3. The van der Waals surface area contributed by atoms with Gasteiger partial charge < -0.3 is 24.4 Å². The molecule has 220 valence electrons. The number of rotatable bonds is 13. The molecule has 0 aliphatic carbocycles. The molecule has 0 bridgehead atoms. The molecule has 3 aromatic rings. The number of anilines is 1. The van der Waals surface area contributed by atoms with E-state index in [1.165, 1.54) is 75.7 Å². The Morgan fingerprint density at radius 3 is 2.20 bits per heavy atom. The Labute approximate surface area is 245 Å². The number of halogens is 1. The second kappa shape index (κ2) is 14.1. The van der Waals surface area contributed by atoms with E-state index in [1.807, 2.05) is 0 Å². The van der Waals surface area contributed by atoms with E-state index in [0.29, 0.717) is 28.5 Å². The number of ether oxygens (including phenoxy) is 3. The maximum absolute atomic E-state index is 14.0. The largest absolute Gasteiger partial charge is 0.497 e. The van der Waals surface area contributed by atoms with E-state index in [4.69, 9.17) is 25.8 Å². The SMILES string of the molecule is CC[C@@H](C(=O)NC)N(Cc1cccc(OC)c1)C(=O)CN(c1ccc(Cl)cc1)S(=O)(=O)c1ccc(OC)c(OC)c1. The van der Waals surface area contributed by atoms with Crippen molar-refractivity contribution in [2.24, 2.45) is 0 Å². The van der Waals surface area contributed by atoms with Crippen LogP contribution < -0.4 is 23.8 Å². The van der Waals surface area contributed by atoms with Gasteiger partial charge in [0.2, 0.25) is 11.8 Å². The van der Waals surface area contributed by atoms with E-state index in [9.17, 15) is 18.0 Å². The number of hydrogen-bond acceptors (Lipinski definition) is 7. The van der Waals surface area contributed by atoms with Crippen LogP contribution in [0.15, 0.2) is 71.6 Å². The Morgan fingerprint density at radius 2 is 1.61 bits per heavy atom. The Balaban J connectivity index is 2.09. The minimum Gasteiger partial charge on any atom is -0.497 e. The van der Waals surface area contributed by atoms with Crippen molar-refractivity contribution in [3.8, 4) is 17.2 Å². The third kappa shape index (κ3) is 7.42. The molecule has 1 atom stereocenters. The van der Waals surface area contributed by atoms with E-state index in [2.05, 4.69) is 5.32 Å². The van der Waals surface area contributed by atoms with Crippen LogP contribution in [0.2, 0.25) is 5.02 Å². The van der Waals surface area contributed by atoms with Gasteiger partial charge in [0.25, 0.3) is 10.0 Å². The van der Waals surface area contributed by atoms with Gasteiger partial charge in [-0.3, -0.25) is 13.9 Å². The van der Waals surface area contributed by atoms with Crippen LogP contribution in [0.3, 0.4) is 0 Å². The van der Waals surface area contributed by atoms with Gasteiger partial charge in [-0.05, 0) is 60.5 Å². The summed E-state index contributed by atoms with van der Waals surface area (Å²) in [5, 5.41) is 3.00. The molecule has 12 heteroatoms. The first-order chi connectivity index (χ1) is 19.6. The van der Waals surface area contributed by atoms with Crippen LogP contribution in [0, 0.1) is 0 Å². The smallest absolute Gasteiger partial charge is 0.264 e. The zero-order valence-corrected chi connectivity index (χ0v) is 25.2. The van der Waals surface area contributed by atoms with Gasteiger partial charge in [-0.1, -0.05) is 30.7 Å². The zero-order chi connectivity index (χ0) is 30.2. The molecule has 0 aromatic heterocycles. The van der Waals surface area contributed by atoms with Crippen molar-refractivity contribution < 1.29 is 32.2 Å². The summed E-state index contributed by atoms with van der Waals surface area (Å²) in [6.45, 7) is 1.24. The van der Waals surface area contributed by atoms with Crippen LogP contribution in [-0.4, -0.2) is 66.1 Å². The number of carbonyl (C=O) groups excluding carboxylic acids is 2. The lowest BCUT2D eigenvalue weighted by Gasteiger charge is -2.33. The standard InChI is InChI=1S/C29H34ClN3O7S/c1-6-25(29(35)31-2)32(18-20-8-7-9-23(16-20)38-3)28(34)19-33(22-12-10-21(30)11-13-22)41(36,37)24-14-15-26(39-4)27(17-24)40-5/h7-17,25H,6,18-19H2,1-5H3,(H,31,35)/t25-/m0/s1.